The highest BCUT2D eigenvalue weighted by Gasteiger charge is 1.99. The monoisotopic (exact) mass is 279 g/mol. The van der Waals surface area contributed by atoms with Crippen molar-refractivity contribution >= 4 is 11.6 Å². The quantitative estimate of drug-likeness (QED) is 0.400. The zero-order valence-corrected chi connectivity index (χ0v) is 13.1. The van der Waals surface area contributed by atoms with Gasteiger partial charge in [0, 0.05) is 5.02 Å². The van der Waals surface area contributed by atoms with Gasteiger partial charge in [0.05, 0.1) is 0 Å². The molecular weight excluding hydrogens is 252 g/mol. The van der Waals surface area contributed by atoms with E-state index in [0.717, 1.165) is 11.4 Å². The Morgan fingerprint density at radius 1 is 0.895 bits per heavy atom. The summed E-state index contributed by atoms with van der Waals surface area (Å²) >= 11 is 6.12. The van der Waals surface area contributed by atoms with Crippen molar-refractivity contribution in [3.8, 4) is 0 Å². The van der Waals surface area contributed by atoms with E-state index >= 15 is 0 Å². The second kappa shape index (κ2) is 11.3. The molecule has 0 saturated heterocycles. The maximum atomic E-state index is 6.12. The number of halogens is 1. The van der Waals surface area contributed by atoms with Gasteiger partial charge in [0.25, 0.3) is 0 Å². The predicted molar refractivity (Wildman–Crippen MR) is 85.8 cm³/mol. The molecule has 0 bridgehead atoms. The molecule has 0 fully saturated rings. The van der Waals surface area contributed by atoms with Crippen LogP contribution in [0.5, 0.6) is 0 Å². The first kappa shape index (κ1) is 16.6. The van der Waals surface area contributed by atoms with Crippen molar-refractivity contribution in [1.29, 1.82) is 0 Å². The van der Waals surface area contributed by atoms with Gasteiger partial charge in [-0.3, -0.25) is 0 Å². The van der Waals surface area contributed by atoms with Crippen molar-refractivity contribution < 1.29 is 0 Å². The summed E-state index contributed by atoms with van der Waals surface area (Å²) in [7, 11) is 0. The molecule has 0 atom stereocenters. The van der Waals surface area contributed by atoms with Gasteiger partial charge in [-0.2, -0.15) is 0 Å². The number of hydrogen-bond donors (Lipinski definition) is 0. The molecule has 1 aromatic rings. The summed E-state index contributed by atoms with van der Waals surface area (Å²) in [5.74, 6) is 0. The summed E-state index contributed by atoms with van der Waals surface area (Å²) in [5.41, 5.74) is 1.18. The van der Waals surface area contributed by atoms with E-state index in [0.29, 0.717) is 0 Å². The average Bonchev–Trinajstić information content (AvgIpc) is 2.43. The summed E-state index contributed by atoms with van der Waals surface area (Å²) in [6.07, 6.45) is 14.9. The van der Waals surface area contributed by atoms with Gasteiger partial charge in [0.2, 0.25) is 0 Å². The summed E-state index contributed by atoms with van der Waals surface area (Å²) in [4.78, 5) is 0. The lowest BCUT2D eigenvalue weighted by Crippen LogP contribution is -1.88. The highest BCUT2D eigenvalue weighted by molar-refractivity contribution is 6.31. The molecule has 1 aromatic carbocycles. The first-order valence-electron chi connectivity index (χ1n) is 7.99. The molecule has 0 aliphatic carbocycles. The molecule has 0 N–H and O–H groups in total. The minimum Gasteiger partial charge on any atom is -0.0840 e. The lowest BCUT2D eigenvalue weighted by atomic mass is 10.0. The average molecular weight is 280 g/mol. The third-order valence-corrected chi connectivity index (χ3v) is 4.02. The molecule has 0 spiro atoms. The molecule has 107 valence electrons. The second-order valence-corrected chi connectivity index (χ2v) is 5.84. The molecule has 0 aliphatic heterocycles. The molecule has 0 saturated carbocycles. The normalized spacial score (nSPS) is 10.8. The zero-order valence-electron chi connectivity index (χ0n) is 12.4. The largest absolute Gasteiger partial charge is 0.0840 e. The Kier molecular flexibility index (Phi) is 9.89. The minimum atomic E-state index is 0.874. The Labute approximate surface area is 124 Å². The standard InChI is InChI=1S/C18H28Cl/c1-2-3-4-5-6-7-8-9-10-11-14-17-15-12-13-16-18(17)19/h12-13,16H,2-11,14H2,1H3. The molecular formula is C18H28Cl. The molecule has 19 heavy (non-hydrogen) atoms. The van der Waals surface area contributed by atoms with Crippen LogP contribution in [0.1, 0.15) is 76.7 Å². The van der Waals surface area contributed by atoms with Gasteiger partial charge >= 0.3 is 0 Å². The van der Waals surface area contributed by atoms with Crippen LogP contribution in [0, 0.1) is 6.07 Å². The Balaban J connectivity index is 1.90. The van der Waals surface area contributed by atoms with Crippen molar-refractivity contribution in [1.82, 2.24) is 0 Å². The van der Waals surface area contributed by atoms with Crippen molar-refractivity contribution in [2.45, 2.75) is 77.6 Å². The maximum Gasteiger partial charge on any atom is 0.0444 e. The fourth-order valence-corrected chi connectivity index (χ4v) is 2.65. The van der Waals surface area contributed by atoms with Crippen LogP contribution in [0.25, 0.3) is 0 Å². The molecule has 0 aromatic heterocycles. The minimum absolute atomic E-state index is 0.874. The van der Waals surface area contributed by atoms with Crippen molar-refractivity contribution in [2.24, 2.45) is 0 Å². The predicted octanol–water partition coefficient (Wildman–Crippen LogP) is 6.60. The number of rotatable bonds is 11. The Hall–Kier alpha value is -0.490. The van der Waals surface area contributed by atoms with Crippen LogP contribution >= 0.6 is 11.6 Å². The van der Waals surface area contributed by atoms with Gasteiger partial charge in [0.15, 0.2) is 0 Å². The molecule has 0 heterocycles. The topological polar surface area (TPSA) is 0 Å². The fraction of sp³-hybridized carbons (Fsp3) is 0.667. The van der Waals surface area contributed by atoms with Gasteiger partial charge < -0.3 is 0 Å². The van der Waals surface area contributed by atoms with Crippen molar-refractivity contribution in [2.75, 3.05) is 0 Å². The van der Waals surface area contributed by atoms with E-state index in [9.17, 15) is 0 Å². The lowest BCUT2D eigenvalue weighted by molar-refractivity contribution is 0.556. The zero-order chi connectivity index (χ0) is 13.8. The Morgan fingerprint density at radius 2 is 1.47 bits per heavy atom. The van der Waals surface area contributed by atoms with E-state index in [1.54, 1.807) is 0 Å². The lowest BCUT2D eigenvalue weighted by Gasteiger charge is -2.04. The smallest absolute Gasteiger partial charge is 0.0444 e. The molecule has 0 nitrogen and oxygen atoms in total. The highest BCUT2D eigenvalue weighted by Crippen LogP contribution is 2.18. The third kappa shape index (κ3) is 8.31. The SMILES string of the molecule is CCCCCCCCCCCCc1[c]cccc1Cl. The summed E-state index contributed by atoms with van der Waals surface area (Å²) in [6.45, 7) is 2.27. The van der Waals surface area contributed by atoms with Crippen LogP contribution in [0.3, 0.4) is 0 Å². The van der Waals surface area contributed by atoms with Gasteiger partial charge in [-0.1, -0.05) is 88.4 Å². The third-order valence-electron chi connectivity index (χ3n) is 3.66. The van der Waals surface area contributed by atoms with Crippen LogP contribution in [0.4, 0.5) is 0 Å². The van der Waals surface area contributed by atoms with E-state index in [1.165, 1.54) is 69.8 Å². The highest BCUT2D eigenvalue weighted by atomic mass is 35.5. The molecule has 0 aliphatic rings. The van der Waals surface area contributed by atoms with E-state index in [4.69, 9.17) is 11.6 Å². The van der Waals surface area contributed by atoms with Crippen LogP contribution in [0.2, 0.25) is 5.02 Å². The van der Waals surface area contributed by atoms with Crippen LogP contribution in [-0.4, -0.2) is 0 Å². The first-order chi connectivity index (χ1) is 9.34. The first-order valence-corrected chi connectivity index (χ1v) is 8.37. The Bertz CT molecular complexity index is 319. The second-order valence-electron chi connectivity index (χ2n) is 5.43. The fourth-order valence-electron chi connectivity index (χ4n) is 2.43. The van der Waals surface area contributed by atoms with E-state index < -0.39 is 0 Å². The van der Waals surface area contributed by atoms with Gasteiger partial charge in [0.1, 0.15) is 0 Å². The summed E-state index contributed by atoms with van der Waals surface area (Å²) in [6, 6.07) is 9.10. The number of aryl methyl sites for hydroxylation is 1. The number of unbranched alkanes of at least 4 members (excludes halogenated alkanes) is 9. The van der Waals surface area contributed by atoms with Gasteiger partial charge in [-0.25, -0.2) is 0 Å². The van der Waals surface area contributed by atoms with Gasteiger partial charge in [-0.15, -0.1) is 0 Å². The molecule has 1 radical (unpaired) electrons. The van der Waals surface area contributed by atoms with Crippen LogP contribution in [0.15, 0.2) is 18.2 Å². The van der Waals surface area contributed by atoms with E-state index in [-0.39, 0.29) is 0 Å². The van der Waals surface area contributed by atoms with Gasteiger partial charge in [-0.05, 0) is 30.5 Å². The number of hydrogen-bond acceptors (Lipinski definition) is 0. The Morgan fingerprint density at radius 3 is 2.05 bits per heavy atom. The van der Waals surface area contributed by atoms with Crippen molar-refractivity contribution in [3.05, 3.63) is 34.9 Å². The molecule has 1 rings (SSSR count). The molecule has 1 heteroatoms. The van der Waals surface area contributed by atoms with Crippen LogP contribution < -0.4 is 0 Å². The summed E-state index contributed by atoms with van der Waals surface area (Å²) < 4.78 is 0. The van der Waals surface area contributed by atoms with Crippen LogP contribution in [-0.2, 0) is 6.42 Å². The van der Waals surface area contributed by atoms with E-state index in [2.05, 4.69) is 13.0 Å². The number of benzene rings is 1. The van der Waals surface area contributed by atoms with E-state index in [1.807, 2.05) is 18.2 Å². The summed E-state index contributed by atoms with van der Waals surface area (Å²) in [5, 5.41) is 0.874. The maximum absolute atomic E-state index is 6.12. The van der Waals surface area contributed by atoms with Crippen molar-refractivity contribution in [3.63, 3.8) is 0 Å². The molecule has 0 unspecified atom stereocenters. The molecule has 0 amide bonds.